The highest BCUT2D eigenvalue weighted by molar-refractivity contribution is 6.36. The minimum atomic E-state index is -0.227. The lowest BCUT2D eigenvalue weighted by molar-refractivity contribution is -0.133. The van der Waals surface area contributed by atoms with Crippen LogP contribution in [0.3, 0.4) is 0 Å². The zero-order valence-corrected chi connectivity index (χ0v) is 21.9. The minimum Gasteiger partial charge on any atom is -0.393 e. The molecule has 1 saturated carbocycles. The molecule has 2 heterocycles. The third-order valence-electron chi connectivity index (χ3n) is 7.92. The van der Waals surface area contributed by atoms with Gasteiger partial charge in [-0.3, -0.25) is 9.59 Å². The molecule has 5 rings (SSSR count). The second kappa shape index (κ2) is 11.1. The summed E-state index contributed by atoms with van der Waals surface area (Å²) in [4.78, 5) is 29.8. The van der Waals surface area contributed by atoms with Crippen LogP contribution < -0.4 is 5.32 Å². The van der Waals surface area contributed by atoms with Gasteiger partial charge in [0.25, 0.3) is 5.91 Å². The van der Waals surface area contributed by atoms with E-state index in [2.05, 4.69) is 5.32 Å². The van der Waals surface area contributed by atoms with Crippen LogP contribution in [0, 0.1) is 5.92 Å². The van der Waals surface area contributed by atoms with Gasteiger partial charge in [0.05, 0.1) is 6.10 Å². The zero-order chi connectivity index (χ0) is 25.2. The third kappa shape index (κ3) is 5.42. The second-order valence-electron chi connectivity index (χ2n) is 10.2. The second-order valence-corrected chi connectivity index (χ2v) is 11.0. The van der Waals surface area contributed by atoms with Gasteiger partial charge in [-0.25, -0.2) is 0 Å². The van der Waals surface area contributed by atoms with Crippen LogP contribution in [0.15, 0.2) is 36.4 Å². The maximum atomic E-state index is 13.1. The molecular weight excluding hydrogens is 497 g/mol. The number of rotatable bonds is 5. The molecular formula is C28H33Cl2N3O3. The summed E-state index contributed by atoms with van der Waals surface area (Å²) in [6, 6.07) is 11.6. The number of hydrogen-bond donors (Lipinski definition) is 2. The average molecular weight is 530 g/mol. The van der Waals surface area contributed by atoms with Crippen LogP contribution in [-0.2, 0) is 11.2 Å². The quantitative estimate of drug-likeness (QED) is 0.601. The van der Waals surface area contributed by atoms with Crippen molar-refractivity contribution in [2.75, 3.05) is 32.7 Å². The zero-order valence-electron chi connectivity index (χ0n) is 20.4. The first kappa shape index (κ1) is 25.5. The molecule has 2 amide bonds. The average Bonchev–Trinajstić information content (AvgIpc) is 3.26. The van der Waals surface area contributed by atoms with E-state index >= 15 is 0 Å². The number of aliphatic hydroxyl groups is 1. The molecule has 2 aromatic rings. The number of hydrogen-bond acceptors (Lipinski definition) is 4. The number of nitrogens with zero attached hydrogens (tertiary/aromatic N) is 2. The maximum absolute atomic E-state index is 13.1. The number of benzene rings is 2. The molecule has 3 fully saturated rings. The van der Waals surface area contributed by atoms with Crippen LogP contribution in [0.1, 0.15) is 48.0 Å². The predicted molar refractivity (Wildman–Crippen MR) is 142 cm³/mol. The molecule has 2 saturated heterocycles. The molecule has 8 heteroatoms. The Morgan fingerprint density at radius 1 is 0.917 bits per heavy atom. The maximum Gasteiger partial charge on any atom is 0.253 e. The highest BCUT2D eigenvalue weighted by Gasteiger charge is 2.37. The summed E-state index contributed by atoms with van der Waals surface area (Å²) >= 11 is 13.4. The summed E-state index contributed by atoms with van der Waals surface area (Å²) in [5, 5.41) is 14.2. The lowest BCUT2D eigenvalue weighted by Crippen LogP contribution is -2.46. The van der Waals surface area contributed by atoms with Gasteiger partial charge in [-0.1, -0.05) is 35.3 Å². The van der Waals surface area contributed by atoms with Crippen molar-refractivity contribution in [3.05, 3.63) is 57.6 Å². The van der Waals surface area contributed by atoms with Gasteiger partial charge in [0, 0.05) is 60.3 Å². The molecule has 1 atom stereocenters. The first-order valence-corrected chi connectivity index (χ1v) is 13.7. The van der Waals surface area contributed by atoms with Crippen molar-refractivity contribution in [1.82, 2.24) is 15.1 Å². The lowest BCUT2D eigenvalue weighted by atomic mass is 9.92. The summed E-state index contributed by atoms with van der Waals surface area (Å²) in [7, 11) is 0. The SMILES string of the molecule is O=C(c1ccc(-c2cc(Cl)c(C[C@@H]3CCN([C@H]4CC[C@@H](O)CC4)C3=O)c(Cl)c2)cc1)N1CCNCC1. The Hall–Kier alpha value is -2.12. The number of nitrogens with one attached hydrogen (secondary N) is 1. The van der Waals surface area contributed by atoms with Gasteiger partial charge in [-0.2, -0.15) is 0 Å². The number of carbonyl (C=O) groups excluding carboxylic acids is 2. The fraction of sp³-hybridized carbons (Fsp3) is 0.500. The van der Waals surface area contributed by atoms with Crippen molar-refractivity contribution < 1.29 is 14.7 Å². The van der Waals surface area contributed by atoms with E-state index in [1.807, 2.05) is 46.2 Å². The topological polar surface area (TPSA) is 72.9 Å². The van der Waals surface area contributed by atoms with Crippen LogP contribution in [0.4, 0.5) is 0 Å². The van der Waals surface area contributed by atoms with E-state index in [1.54, 1.807) is 0 Å². The normalized spacial score (nSPS) is 24.9. The molecule has 0 bridgehead atoms. The standard InChI is InChI=1S/C28H33Cl2N3O3/c29-25-16-21(18-1-3-19(4-2-18)27(35)32-13-10-31-11-14-32)17-26(30)24(25)15-20-9-12-33(28(20)36)22-5-7-23(34)8-6-22/h1-4,16-17,20,22-23,31,34H,5-15H2/t20-,22-,23+/m0/s1. The molecule has 36 heavy (non-hydrogen) atoms. The van der Waals surface area contributed by atoms with E-state index in [0.717, 1.165) is 81.5 Å². The van der Waals surface area contributed by atoms with E-state index in [1.165, 1.54) is 0 Å². The molecule has 192 valence electrons. The first-order chi connectivity index (χ1) is 17.4. The minimum absolute atomic E-state index is 0.0501. The Morgan fingerprint density at radius 3 is 2.19 bits per heavy atom. The fourth-order valence-corrected chi connectivity index (χ4v) is 6.39. The van der Waals surface area contributed by atoms with Crippen molar-refractivity contribution in [3.8, 4) is 11.1 Å². The third-order valence-corrected chi connectivity index (χ3v) is 8.59. The van der Waals surface area contributed by atoms with Crippen LogP contribution in [-0.4, -0.2) is 71.6 Å². The van der Waals surface area contributed by atoms with Crippen molar-refractivity contribution in [2.24, 2.45) is 5.92 Å². The van der Waals surface area contributed by atoms with Crippen LogP contribution >= 0.6 is 23.2 Å². The highest BCUT2D eigenvalue weighted by atomic mass is 35.5. The molecule has 2 N–H and O–H groups in total. The van der Waals surface area contributed by atoms with E-state index < -0.39 is 0 Å². The van der Waals surface area contributed by atoms with Gasteiger partial charge in [-0.15, -0.1) is 0 Å². The van der Waals surface area contributed by atoms with Crippen molar-refractivity contribution in [1.29, 1.82) is 0 Å². The summed E-state index contributed by atoms with van der Waals surface area (Å²) in [5.74, 6) is 0.111. The van der Waals surface area contributed by atoms with Crippen molar-refractivity contribution in [2.45, 2.75) is 50.7 Å². The van der Waals surface area contributed by atoms with E-state index in [0.29, 0.717) is 22.0 Å². The Bertz CT molecular complexity index is 1090. The summed E-state index contributed by atoms with van der Waals surface area (Å²) in [6.07, 6.45) is 4.38. The van der Waals surface area contributed by atoms with Crippen LogP contribution in [0.25, 0.3) is 11.1 Å². The largest absolute Gasteiger partial charge is 0.393 e. The monoisotopic (exact) mass is 529 g/mol. The Morgan fingerprint density at radius 2 is 1.56 bits per heavy atom. The van der Waals surface area contributed by atoms with Gasteiger partial charge in [0.15, 0.2) is 0 Å². The van der Waals surface area contributed by atoms with Gasteiger partial charge < -0.3 is 20.2 Å². The Balaban J connectivity index is 1.26. The molecule has 3 aliphatic rings. The Kier molecular flexibility index (Phi) is 7.87. The first-order valence-electron chi connectivity index (χ1n) is 13.0. The predicted octanol–water partition coefficient (Wildman–Crippen LogP) is 4.40. The number of likely N-dealkylation sites (tertiary alicyclic amines) is 1. The molecule has 2 aliphatic heterocycles. The number of halogens is 2. The van der Waals surface area contributed by atoms with Crippen molar-refractivity contribution >= 4 is 35.0 Å². The van der Waals surface area contributed by atoms with E-state index in [4.69, 9.17) is 23.2 Å². The molecule has 0 spiro atoms. The summed E-state index contributed by atoms with van der Waals surface area (Å²) in [6.45, 7) is 3.85. The lowest BCUT2D eigenvalue weighted by Gasteiger charge is -2.33. The number of amides is 2. The Labute approximate surface area is 222 Å². The molecule has 1 aliphatic carbocycles. The smallest absolute Gasteiger partial charge is 0.253 e. The molecule has 2 aromatic carbocycles. The van der Waals surface area contributed by atoms with Gasteiger partial charge in [0.2, 0.25) is 5.91 Å². The van der Waals surface area contributed by atoms with E-state index in [9.17, 15) is 14.7 Å². The summed E-state index contributed by atoms with van der Waals surface area (Å²) in [5.41, 5.74) is 3.30. The number of aliphatic hydroxyl groups excluding tert-OH is 1. The van der Waals surface area contributed by atoms with Crippen molar-refractivity contribution in [3.63, 3.8) is 0 Å². The molecule has 0 radical (unpaired) electrons. The van der Waals surface area contributed by atoms with Gasteiger partial charge in [-0.05, 0) is 79.5 Å². The highest BCUT2D eigenvalue weighted by Crippen LogP contribution is 2.36. The molecule has 0 unspecified atom stereocenters. The van der Waals surface area contributed by atoms with Gasteiger partial charge >= 0.3 is 0 Å². The number of piperazine rings is 1. The summed E-state index contributed by atoms with van der Waals surface area (Å²) < 4.78 is 0. The molecule has 0 aromatic heterocycles. The molecule has 6 nitrogen and oxygen atoms in total. The van der Waals surface area contributed by atoms with Crippen LogP contribution in [0.5, 0.6) is 0 Å². The van der Waals surface area contributed by atoms with E-state index in [-0.39, 0.29) is 29.9 Å². The van der Waals surface area contributed by atoms with Crippen LogP contribution in [0.2, 0.25) is 10.0 Å². The fourth-order valence-electron chi connectivity index (χ4n) is 5.75. The van der Waals surface area contributed by atoms with Gasteiger partial charge in [0.1, 0.15) is 0 Å². The number of carbonyl (C=O) groups is 2.